The Kier molecular flexibility index (Phi) is 4.54. The Hall–Kier alpha value is -0.610. The van der Waals surface area contributed by atoms with Crippen LogP contribution in [0, 0.1) is 0 Å². The highest BCUT2D eigenvalue weighted by molar-refractivity contribution is 5.79. The summed E-state index contributed by atoms with van der Waals surface area (Å²) in [6.45, 7) is 8.50. The molecule has 1 fully saturated rings. The van der Waals surface area contributed by atoms with E-state index >= 15 is 0 Å². The first-order valence-corrected chi connectivity index (χ1v) is 5.80. The van der Waals surface area contributed by atoms with E-state index < -0.39 is 0 Å². The van der Waals surface area contributed by atoms with Crippen LogP contribution in [0.5, 0.6) is 0 Å². The van der Waals surface area contributed by atoms with Gasteiger partial charge in [-0.3, -0.25) is 4.79 Å². The third-order valence-electron chi connectivity index (χ3n) is 3.17. The van der Waals surface area contributed by atoms with Gasteiger partial charge in [-0.15, -0.1) is 0 Å². The minimum absolute atomic E-state index is 0.208. The monoisotopic (exact) mass is 213 g/mol. The summed E-state index contributed by atoms with van der Waals surface area (Å²) in [6, 6.07) is 0.864. The van der Waals surface area contributed by atoms with E-state index in [-0.39, 0.29) is 11.9 Å². The van der Waals surface area contributed by atoms with Crippen LogP contribution in [0.25, 0.3) is 0 Å². The van der Waals surface area contributed by atoms with Crippen molar-refractivity contribution < 1.29 is 4.79 Å². The molecule has 0 aromatic rings. The SMILES string of the molecule is CC(C)N1CCC(N[C@@H](C)C(N)=O)CC1. The van der Waals surface area contributed by atoms with Crippen LogP contribution in [-0.2, 0) is 4.79 Å². The molecule has 1 aliphatic heterocycles. The number of hydrogen-bond acceptors (Lipinski definition) is 3. The zero-order valence-corrected chi connectivity index (χ0v) is 9.99. The van der Waals surface area contributed by atoms with E-state index in [1.165, 1.54) is 0 Å². The minimum atomic E-state index is -0.263. The summed E-state index contributed by atoms with van der Waals surface area (Å²) in [7, 11) is 0. The standard InChI is InChI=1S/C11H23N3O/c1-8(2)14-6-4-10(5-7-14)13-9(3)11(12)15/h8-10,13H,4-7H2,1-3H3,(H2,12,15)/t9-/m0/s1. The molecule has 1 heterocycles. The first-order valence-electron chi connectivity index (χ1n) is 5.80. The average Bonchev–Trinajstić information content (AvgIpc) is 2.18. The van der Waals surface area contributed by atoms with Gasteiger partial charge in [-0.25, -0.2) is 0 Å². The van der Waals surface area contributed by atoms with Crippen molar-refractivity contribution >= 4 is 5.91 Å². The van der Waals surface area contributed by atoms with Crippen LogP contribution >= 0.6 is 0 Å². The molecule has 3 N–H and O–H groups in total. The number of primary amides is 1. The van der Waals surface area contributed by atoms with Crippen molar-refractivity contribution in [1.29, 1.82) is 0 Å². The van der Waals surface area contributed by atoms with Crippen molar-refractivity contribution in [2.45, 2.75) is 51.7 Å². The van der Waals surface area contributed by atoms with Gasteiger partial charge < -0.3 is 16.0 Å². The van der Waals surface area contributed by atoms with E-state index in [2.05, 4.69) is 24.1 Å². The molecule has 0 spiro atoms. The van der Waals surface area contributed by atoms with Crippen molar-refractivity contribution in [1.82, 2.24) is 10.2 Å². The number of likely N-dealkylation sites (tertiary alicyclic amines) is 1. The maximum Gasteiger partial charge on any atom is 0.234 e. The number of hydrogen-bond donors (Lipinski definition) is 2. The summed E-state index contributed by atoms with van der Waals surface area (Å²) in [6.07, 6.45) is 2.21. The molecular weight excluding hydrogens is 190 g/mol. The summed E-state index contributed by atoms with van der Waals surface area (Å²) in [5, 5.41) is 3.28. The molecule has 1 rings (SSSR count). The Bertz CT molecular complexity index is 210. The van der Waals surface area contributed by atoms with Gasteiger partial charge in [0.15, 0.2) is 0 Å². The van der Waals surface area contributed by atoms with Crippen LogP contribution in [-0.4, -0.2) is 42.0 Å². The second kappa shape index (κ2) is 5.47. The lowest BCUT2D eigenvalue weighted by Gasteiger charge is -2.35. The molecule has 0 saturated carbocycles. The zero-order chi connectivity index (χ0) is 11.4. The molecule has 0 aromatic carbocycles. The predicted molar refractivity (Wildman–Crippen MR) is 61.5 cm³/mol. The molecule has 1 atom stereocenters. The van der Waals surface area contributed by atoms with Crippen LogP contribution in [0.1, 0.15) is 33.6 Å². The number of amides is 1. The van der Waals surface area contributed by atoms with Crippen molar-refractivity contribution in [3.8, 4) is 0 Å². The fourth-order valence-corrected chi connectivity index (χ4v) is 2.02. The Morgan fingerprint density at radius 3 is 2.27 bits per heavy atom. The number of carbonyl (C=O) groups excluding carboxylic acids is 1. The van der Waals surface area contributed by atoms with Gasteiger partial charge in [-0.05, 0) is 46.7 Å². The van der Waals surface area contributed by atoms with Gasteiger partial charge in [0.05, 0.1) is 6.04 Å². The third-order valence-corrected chi connectivity index (χ3v) is 3.17. The fourth-order valence-electron chi connectivity index (χ4n) is 2.02. The van der Waals surface area contributed by atoms with E-state index in [1.54, 1.807) is 0 Å². The maximum atomic E-state index is 10.9. The van der Waals surface area contributed by atoms with Gasteiger partial charge in [-0.1, -0.05) is 0 Å². The Morgan fingerprint density at radius 2 is 1.87 bits per heavy atom. The lowest BCUT2D eigenvalue weighted by atomic mass is 10.0. The van der Waals surface area contributed by atoms with Crippen LogP contribution in [0.4, 0.5) is 0 Å². The smallest absolute Gasteiger partial charge is 0.234 e. The highest BCUT2D eigenvalue weighted by Crippen LogP contribution is 2.13. The Labute approximate surface area is 92.2 Å². The summed E-state index contributed by atoms with van der Waals surface area (Å²) in [4.78, 5) is 13.4. The van der Waals surface area contributed by atoms with E-state index in [0.717, 1.165) is 25.9 Å². The van der Waals surface area contributed by atoms with Crippen molar-refractivity contribution in [2.24, 2.45) is 5.73 Å². The third kappa shape index (κ3) is 3.80. The van der Waals surface area contributed by atoms with Crippen molar-refractivity contribution in [2.75, 3.05) is 13.1 Å². The zero-order valence-electron chi connectivity index (χ0n) is 9.99. The molecule has 0 radical (unpaired) electrons. The van der Waals surface area contributed by atoms with E-state index in [9.17, 15) is 4.79 Å². The fraction of sp³-hybridized carbons (Fsp3) is 0.909. The first kappa shape index (κ1) is 12.5. The van der Waals surface area contributed by atoms with Gasteiger partial charge in [0, 0.05) is 12.1 Å². The van der Waals surface area contributed by atoms with Crippen LogP contribution in [0.2, 0.25) is 0 Å². The molecule has 0 unspecified atom stereocenters. The summed E-state index contributed by atoms with van der Waals surface area (Å²) < 4.78 is 0. The number of nitrogens with zero attached hydrogens (tertiary/aromatic N) is 1. The molecule has 4 nitrogen and oxygen atoms in total. The average molecular weight is 213 g/mol. The molecule has 88 valence electrons. The van der Waals surface area contributed by atoms with Gasteiger partial charge in [-0.2, -0.15) is 0 Å². The van der Waals surface area contributed by atoms with Gasteiger partial charge in [0.1, 0.15) is 0 Å². The van der Waals surface area contributed by atoms with Crippen LogP contribution < -0.4 is 11.1 Å². The minimum Gasteiger partial charge on any atom is -0.368 e. The first-order chi connectivity index (χ1) is 7.00. The van der Waals surface area contributed by atoms with E-state index in [4.69, 9.17) is 5.73 Å². The van der Waals surface area contributed by atoms with E-state index in [1.807, 2.05) is 6.92 Å². The molecular formula is C11H23N3O. The Morgan fingerprint density at radius 1 is 1.33 bits per heavy atom. The van der Waals surface area contributed by atoms with E-state index in [0.29, 0.717) is 12.1 Å². The molecule has 0 bridgehead atoms. The highest BCUT2D eigenvalue weighted by Gasteiger charge is 2.22. The lowest BCUT2D eigenvalue weighted by Crippen LogP contribution is -2.50. The molecule has 0 aromatic heterocycles. The Balaban J connectivity index is 2.28. The van der Waals surface area contributed by atoms with Gasteiger partial charge in [0.2, 0.25) is 5.91 Å². The molecule has 1 amide bonds. The lowest BCUT2D eigenvalue weighted by molar-refractivity contribution is -0.119. The van der Waals surface area contributed by atoms with Crippen LogP contribution in [0.15, 0.2) is 0 Å². The second-order valence-electron chi connectivity index (χ2n) is 4.69. The number of carbonyl (C=O) groups is 1. The molecule has 1 aliphatic rings. The number of nitrogens with one attached hydrogen (secondary N) is 1. The van der Waals surface area contributed by atoms with Crippen molar-refractivity contribution in [3.05, 3.63) is 0 Å². The topological polar surface area (TPSA) is 58.4 Å². The normalized spacial score (nSPS) is 21.9. The molecule has 15 heavy (non-hydrogen) atoms. The highest BCUT2D eigenvalue weighted by atomic mass is 16.1. The molecule has 1 saturated heterocycles. The summed E-state index contributed by atoms with van der Waals surface area (Å²) >= 11 is 0. The van der Waals surface area contributed by atoms with Gasteiger partial charge in [0.25, 0.3) is 0 Å². The largest absolute Gasteiger partial charge is 0.368 e. The van der Waals surface area contributed by atoms with Crippen molar-refractivity contribution in [3.63, 3.8) is 0 Å². The summed E-state index contributed by atoms with van der Waals surface area (Å²) in [5.41, 5.74) is 5.22. The molecule has 4 heteroatoms. The number of rotatable bonds is 4. The quantitative estimate of drug-likeness (QED) is 0.707. The second-order valence-corrected chi connectivity index (χ2v) is 4.69. The van der Waals surface area contributed by atoms with Gasteiger partial charge >= 0.3 is 0 Å². The maximum absolute atomic E-state index is 10.9. The van der Waals surface area contributed by atoms with Crippen LogP contribution in [0.3, 0.4) is 0 Å². The predicted octanol–water partition coefficient (Wildman–Crippen LogP) is 0.323. The number of piperidine rings is 1. The number of nitrogens with two attached hydrogens (primary N) is 1. The summed E-state index contributed by atoms with van der Waals surface area (Å²) in [5.74, 6) is -0.263. The molecule has 0 aliphatic carbocycles.